The monoisotopic (exact) mass is 354 g/mol. The second-order valence-corrected chi connectivity index (χ2v) is 6.29. The van der Waals surface area contributed by atoms with Crippen LogP contribution < -0.4 is 5.32 Å². The molecule has 0 aliphatic carbocycles. The maximum atomic E-state index is 12.1. The van der Waals surface area contributed by atoms with Crippen molar-refractivity contribution in [2.75, 3.05) is 24.3 Å². The van der Waals surface area contributed by atoms with Gasteiger partial charge in [0, 0.05) is 44.4 Å². The Morgan fingerprint density at radius 2 is 2.12 bits per heavy atom. The van der Waals surface area contributed by atoms with Crippen molar-refractivity contribution in [2.24, 2.45) is 0 Å². The molecule has 2 N–H and O–H groups in total. The quantitative estimate of drug-likeness (QED) is 0.568. The highest BCUT2D eigenvalue weighted by molar-refractivity contribution is 6.18. The number of nitrogens with zero attached hydrogens (tertiary/aromatic N) is 3. The smallest absolute Gasteiger partial charge is 0.219 e. The van der Waals surface area contributed by atoms with Crippen LogP contribution in [0.2, 0.25) is 0 Å². The third kappa shape index (κ3) is 5.42. The van der Waals surface area contributed by atoms with E-state index in [1.165, 1.54) is 6.33 Å². The molecule has 0 spiro atoms. The van der Waals surface area contributed by atoms with Crippen LogP contribution in [0.15, 0.2) is 12.4 Å². The van der Waals surface area contributed by atoms with Crippen molar-refractivity contribution in [1.82, 2.24) is 14.9 Å². The molecule has 8 heteroatoms. The SMILES string of the molecule is CC(=O)N1CCC(Nc2cc(C(=O)CC[C@H](O)CCl)ncn2)CC1. The molecule has 132 valence electrons. The highest BCUT2D eigenvalue weighted by Gasteiger charge is 2.21. The summed E-state index contributed by atoms with van der Waals surface area (Å²) in [6.45, 7) is 3.03. The topological polar surface area (TPSA) is 95.4 Å². The number of nitrogens with one attached hydrogen (secondary N) is 1. The van der Waals surface area contributed by atoms with Crippen molar-refractivity contribution in [3.05, 3.63) is 18.1 Å². The summed E-state index contributed by atoms with van der Waals surface area (Å²) in [6, 6.07) is 1.85. The van der Waals surface area contributed by atoms with Crippen molar-refractivity contribution >= 4 is 29.1 Å². The molecule has 0 unspecified atom stereocenters. The molecule has 0 saturated carbocycles. The second-order valence-electron chi connectivity index (χ2n) is 5.98. The number of halogens is 1. The van der Waals surface area contributed by atoms with Gasteiger partial charge in [0.05, 0.1) is 6.10 Å². The van der Waals surface area contributed by atoms with Gasteiger partial charge in [-0.15, -0.1) is 11.6 Å². The lowest BCUT2D eigenvalue weighted by atomic mass is 10.0. The number of carbonyl (C=O) groups is 2. The summed E-state index contributed by atoms with van der Waals surface area (Å²) in [4.78, 5) is 33.4. The number of anilines is 1. The molecule has 1 aliphatic rings. The molecule has 1 aromatic rings. The van der Waals surface area contributed by atoms with Gasteiger partial charge in [0.1, 0.15) is 17.8 Å². The van der Waals surface area contributed by atoms with Crippen LogP contribution in [-0.2, 0) is 4.79 Å². The Morgan fingerprint density at radius 1 is 1.42 bits per heavy atom. The summed E-state index contributed by atoms with van der Waals surface area (Å²) in [6.07, 6.45) is 2.88. The lowest BCUT2D eigenvalue weighted by Crippen LogP contribution is -2.41. The summed E-state index contributed by atoms with van der Waals surface area (Å²) in [5.74, 6) is 0.675. The minimum atomic E-state index is -0.679. The second kappa shape index (κ2) is 8.94. The van der Waals surface area contributed by atoms with Crippen molar-refractivity contribution in [2.45, 2.75) is 44.8 Å². The molecule has 1 fully saturated rings. The number of amides is 1. The summed E-state index contributed by atoms with van der Waals surface area (Å²) in [5.41, 5.74) is 0.329. The normalized spacial score (nSPS) is 16.7. The van der Waals surface area contributed by atoms with Crippen LogP contribution in [0.3, 0.4) is 0 Å². The van der Waals surface area contributed by atoms with Gasteiger partial charge in [-0.05, 0) is 19.3 Å². The first-order valence-electron chi connectivity index (χ1n) is 8.11. The van der Waals surface area contributed by atoms with Crippen LogP contribution >= 0.6 is 11.6 Å². The van der Waals surface area contributed by atoms with Gasteiger partial charge in [-0.25, -0.2) is 9.97 Å². The van der Waals surface area contributed by atoms with Crippen LogP contribution in [0.25, 0.3) is 0 Å². The Hall–Kier alpha value is -1.73. The molecule has 1 amide bonds. The third-order valence-corrected chi connectivity index (χ3v) is 4.48. The van der Waals surface area contributed by atoms with Gasteiger partial charge in [0.2, 0.25) is 5.91 Å². The number of hydrogen-bond acceptors (Lipinski definition) is 6. The van der Waals surface area contributed by atoms with E-state index in [1.807, 2.05) is 4.90 Å². The molecule has 1 aliphatic heterocycles. The summed E-state index contributed by atoms with van der Waals surface area (Å²) < 4.78 is 0. The molecule has 7 nitrogen and oxygen atoms in total. The van der Waals surface area contributed by atoms with Gasteiger partial charge in [-0.3, -0.25) is 9.59 Å². The number of likely N-dealkylation sites (tertiary alicyclic amines) is 1. The van der Waals surface area contributed by atoms with E-state index in [1.54, 1.807) is 13.0 Å². The number of rotatable bonds is 7. The predicted octanol–water partition coefficient (Wildman–Crippen LogP) is 1.46. The number of alkyl halides is 1. The Bertz CT molecular complexity index is 576. The van der Waals surface area contributed by atoms with Gasteiger partial charge in [-0.2, -0.15) is 0 Å². The first-order chi connectivity index (χ1) is 11.5. The standard InChI is InChI=1S/C16H23ClN4O3/c1-11(22)21-6-4-12(5-7-21)20-16-8-14(18-10-19-16)15(24)3-2-13(23)9-17/h8,10,12-13,23H,2-7,9H2,1H3,(H,18,19,20)/t13-/m0/s1. The molecular weight excluding hydrogens is 332 g/mol. The van der Waals surface area contributed by atoms with E-state index in [0.29, 0.717) is 17.9 Å². The minimum Gasteiger partial charge on any atom is -0.392 e. The van der Waals surface area contributed by atoms with E-state index in [0.717, 1.165) is 25.9 Å². The van der Waals surface area contributed by atoms with Crippen LogP contribution in [0.1, 0.15) is 43.1 Å². The average molecular weight is 355 g/mol. The number of Topliss-reactive ketones (excluding diaryl/α,β-unsaturated/α-hetero) is 1. The first-order valence-corrected chi connectivity index (χ1v) is 8.64. The summed E-state index contributed by atoms with van der Waals surface area (Å²) in [7, 11) is 0. The molecule has 1 aromatic heterocycles. The van der Waals surface area contributed by atoms with Crippen LogP contribution in [0.5, 0.6) is 0 Å². The zero-order chi connectivity index (χ0) is 17.5. The highest BCUT2D eigenvalue weighted by atomic mass is 35.5. The van der Waals surface area contributed by atoms with Crippen molar-refractivity contribution < 1.29 is 14.7 Å². The van der Waals surface area contributed by atoms with E-state index in [2.05, 4.69) is 15.3 Å². The van der Waals surface area contributed by atoms with E-state index in [9.17, 15) is 14.7 Å². The Morgan fingerprint density at radius 3 is 2.75 bits per heavy atom. The zero-order valence-corrected chi connectivity index (χ0v) is 14.5. The van der Waals surface area contributed by atoms with Crippen molar-refractivity contribution in [1.29, 1.82) is 0 Å². The molecule has 24 heavy (non-hydrogen) atoms. The number of piperidine rings is 1. The Kier molecular flexibility index (Phi) is 6.93. The first kappa shape index (κ1) is 18.6. The van der Waals surface area contributed by atoms with Gasteiger partial charge in [-0.1, -0.05) is 0 Å². The minimum absolute atomic E-state index is 0.0995. The Labute approximate surface area is 146 Å². The molecule has 0 radical (unpaired) electrons. The molecule has 1 saturated heterocycles. The number of ketones is 1. The molecule has 0 bridgehead atoms. The van der Waals surface area contributed by atoms with Crippen LogP contribution in [0.4, 0.5) is 5.82 Å². The van der Waals surface area contributed by atoms with Gasteiger partial charge in [0.25, 0.3) is 0 Å². The van der Waals surface area contributed by atoms with Crippen molar-refractivity contribution in [3.63, 3.8) is 0 Å². The van der Waals surface area contributed by atoms with Gasteiger partial charge in [0.15, 0.2) is 5.78 Å². The number of carbonyl (C=O) groups excluding carboxylic acids is 2. The lowest BCUT2D eigenvalue weighted by Gasteiger charge is -2.31. The van der Waals surface area contributed by atoms with Crippen LogP contribution in [-0.4, -0.2) is 62.8 Å². The third-order valence-electron chi connectivity index (χ3n) is 4.13. The fourth-order valence-electron chi connectivity index (χ4n) is 2.64. The molecule has 2 rings (SSSR count). The number of aliphatic hydroxyl groups is 1. The summed E-state index contributed by atoms with van der Waals surface area (Å²) in [5, 5.41) is 12.7. The number of aliphatic hydroxyl groups excluding tert-OH is 1. The summed E-state index contributed by atoms with van der Waals surface area (Å²) >= 11 is 5.52. The molecular formula is C16H23ClN4O3. The number of aromatic nitrogens is 2. The van der Waals surface area contributed by atoms with E-state index >= 15 is 0 Å². The van der Waals surface area contributed by atoms with E-state index in [-0.39, 0.29) is 30.0 Å². The average Bonchev–Trinajstić information content (AvgIpc) is 2.60. The predicted molar refractivity (Wildman–Crippen MR) is 91.2 cm³/mol. The largest absolute Gasteiger partial charge is 0.392 e. The van der Waals surface area contributed by atoms with E-state index in [4.69, 9.17) is 11.6 Å². The van der Waals surface area contributed by atoms with Crippen molar-refractivity contribution in [3.8, 4) is 0 Å². The fourth-order valence-corrected chi connectivity index (χ4v) is 2.79. The van der Waals surface area contributed by atoms with E-state index < -0.39 is 6.10 Å². The van der Waals surface area contributed by atoms with Gasteiger partial charge >= 0.3 is 0 Å². The van der Waals surface area contributed by atoms with Crippen LogP contribution in [0, 0.1) is 0 Å². The maximum absolute atomic E-state index is 12.1. The van der Waals surface area contributed by atoms with Gasteiger partial charge < -0.3 is 15.3 Å². The maximum Gasteiger partial charge on any atom is 0.219 e. The zero-order valence-electron chi connectivity index (χ0n) is 13.7. The highest BCUT2D eigenvalue weighted by Crippen LogP contribution is 2.16. The molecule has 0 aromatic carbocycles. The Balaban J connectivity index is 1.89. The molecule has 1 atom stereocenters. The molecule has 2 heterocycles. The lowest BCUT2D eigenvalue weighted by molar-refractivity contribution is -0.129. The number of hydrogen-bond donors (Lipinski definition) is 2. The fraction of sp³-hybridized carbons (Fsp3) is 0.625.